The molecule has 0 atom stereocenters. The molecule has 0 spiro atoms. The summed E-state index contributed by atoms with van der Waals surface area (Å²) in [6.07, 6.45) is 0.732. The molecule has 0 saturated heterocycles. The van der Waals surface area contributed by atoms with Crippen LogP contribution in [-0.2, 0) is 17.9 Å². The highest BCUT2D eigenvalue weighted by Gasteiger charge is 2.14. The summed E-state index contributed by atoms with van der Waals surface area (Å²) in [7, 11) is 3.06. The zero-order valence-corrected chi connectivity index (χ0v) is 18.2. The molecule has 0 aliphatic carbocycles. The van der Waals surface area contributed by atoms with Crippen molar-refractivity contribution in [1.29, 1.82) is 0 Å². The van der Waals surface area contributed by atoms with Gasteiger partial charge in [-0.25, -0.2) is 4.68 Å². The molecular weight excluding hydrogens is 398 g/mol. The molecule has 1 aromatic carbocycles. The Bertz CT molecular complexity index is 1100. The van der Waals surface area contributed by atoms with Crippen LogP contribution in [0.4, 0.5) is 0 Å². The molecule has 0 saturated carbocycles. The van der Waals surface area contributed by atoms with Crippen molar-refractivity contribution in [2.75, 3.05) is 20.8 Å². The van der Waals surface area contributed by atoms with Crippen LogP contribution in [0.5, 0.6) is 11.5 Å². The minimum atomic E-state index is -0.410. The molecule has 0 aliphatic rings. The van der Waals surface area contributed by atoms with Gasteiger partial charge in [-0.3, -0.25) is 14.3 Å². The first-order valence-electron chi connectivity index (χ1n) is 9.99. The van der Waals surface area contributed by atoms with Gasteiger partial charge in [0.15, 0.2) is 5.75 Å². The van der Waals surface area contributed by atoms with Crippen molar-refractivity contribution in [3.05, 3.63) is 58.1 Å². The molecule has 0 radical (unpaired) electrons. The van der Waals surface area contributed by atoms with Crippen molar-refractivity contribution in [1.82, 2.24) is 24.9 Å². The van der Waals surface area contributed by atoms with Gasteiger partial charge in [-0.2, -0.15) is 10.2 Å². The highest BCUT2D eigenvalue weighted by molar-refractivity contribution is 5.75. The van der Waals surface area contributed by atoms with E-state index in [-0.39, 0.29) is 12.5 Å². The first-order valence-corrected chi connectivity index (χ1v) is 9.99. The Morgan fingerprint density at radius 1 is 1.03 bits per heavy atom. The number of rotatable bonds is 9. The van der Waals surface area contributed by atoms with E-state index < -0.39 is 5.56 Å². The first kappa shape index (κ1) is 22.1. The van der Waals surface area contributed by atoms with Gasteiger partial charge < -0.3 is 14.8 Å². The fourth-order valence-corrected chi connectivity index (χ4v) is 3.24. The van der Waals surface area contributed by atoms with Crippen molar-refractivity contribution >= 4 is 5.91 Å². The average molecular weight is 425 g/mol. The van der Waals surface area contributed by atoms with Crippen LogP contribution in [0.2, 0.25) is 0 Å². The van der Waals surface area contributed by atoms with E-state index in [1.165, 1.54) is 13.2 Å². The molecule has 0 unspecified atom stereocenters. The van der Waals surface area contributed by atoms with Gasteiger partial charge in [0.25, 0.3) is 5.56 Å². The van der Waals surface area contributed by atoms with Crippen LogP contribution in [0.25, 0.3) is 11.3 Å². The Balaban J connectivity index is 1.65. The topological polar surface area (TPSA) is 100 Å². The summed E-state index contributed by atoms with van der Waals surface area (Å²) in [4.78, 5) is 24.7. The number of nitrogens with one attached hydrogen (secondary N) is 1. The lowest BCUT2D eigenvalue weighted by molar-refractivity contribution is -0.121. The Hall–Kier alpha value is -3.62. The predicted molar refractivity (Wildman–Crippen MR) is 116 cm³/mol. The van der Waals surface area contributed by atoms with Crippen molar-refractivity contribution in [2.45, 2.75) is 33.4 Å². The van der Waals surface area contributed by atoms with Crippen molar-refractivity contribution in [3.8, 4) is 22.8 Å². The van der Waals surface area contributed by atoms with Gasteiger partial charge in [0.05, 0.1) is 19.9 Å². The van der Waals surface area contributed by atoms with Crippen LogP contribution < -0.4 is 20.3 Å². The molecule has 1 amide bonds. The zero-order valence-electron chi connectivity index (χ0n) is 18.2. The first-order chi connectivity index (χ1) is 14.9. The van der Waals surface area contributed by atoms with E-state index in [2.05, 4.69) is 15.5 Å². The molecular formula is C22H27N5O4. The highest BCUT2D eigenvalue weighted by atomic mass is 16.5. The molecule has 31 heavy (non-hydrogen) atoms. The van der Waals surface area contributed by atoms with Gasteiger partial charge in [-0.05, 0) is 50.6 Å². The Labute approximate surface area is 180 Å². The number of hydrogen-bond donors (Lipinski definition) is 1. The van der Waals surface area contributed by atoms with E-state index in [0.717, 1.165) is 28.1 Å². The number of ether oxygens (including phenoxy) is 2. The van der Waals surface area contributed by atoms with Gasteiger partial charge in [-0.15, -0.1) is 0 Å². The van der Waals surface area contributed by atoms with Gasteiger partial charge in [0.1, 0.15) is 18.0 Å². The minimum absolute atomic E-state index is 0.175. The molecule has 164 valence electrons. The quantitative estimate of drug-likeness (QED) is 0.526. The van der Waals surface area contributed by atoms with E-state index in [0.29, 0.717) is 30.3 Å². The number of carbonyl (C=O) groups is 1. The summed E-state index contributed by atoms with van der Waals surface area (Å²) in [5.74, 6) is 0.765. The number of methoxy groups -OCH3 is 2. The number of aryl methyl sites for hydroxylation is 3. The predicted octanol–water partition coefficient (Wildman–Crippen LogP) is 1.95. The molecule has 0 fully saturated rings. The summed E-state index contributed by atoms with van der Waals surface area (Å²) in [6, 6.07) is 10.6. The summed E-state index contributed by atoms with van der Waals surface area (Å²) in [5.41, 5.74) is 2.87. The second kappa shape index (κ2) is 9.92. The second-order valence-corrected chi connectivity index (χ2v) is 7.14. The maximum atomic E-state index is 12.4. The van der Waals surface area contributed by atoms with Crippen LogP contribution in [0, 0.1) is 13.8 Å². The Morgan fingerprint density at radius 2 is 1.77 bits per heavy atom. The van der Waals surface area contributed by atoms with Crippen molar-refractivity contribution < 1.29 is 14.3 Å². The average Bonchev–Trinajstić information content (AvgIpc) is 3.09. The monoisotopic (exact) mass is 425 g/mol. The van der Waals surface area contributed by atoms with Crippen LogP contribution in [0.3, 0.4) is 0 Å². The Kier molecular flexibility index (Phi) is 7.07. The van der Waals surface area contributed by atoms with E-state index in [4.69, 9.17) is 9.47 Å². The third-order valence-corrected chi connectivity index (χ3v) is 4.81. The fourth-order valence-electron chi connectivity index (χ4n) is 3.24. The number of carbonyl (C=O) groups excluding carboxylic acids is 1. The number of nitrogens with zero attached hydrogens (tertiary/aromatic N) is 4. The molecule has 2 heterocycles. The molecule has 0 bridgehead atoms. The zero-order chi connectivity index (χ0) is 22.4. The summed E-state index contributed by atoms with van der Waals surface area (Å²) in [5, 5.41) is 11.6. The smallest absolute Gasteiger partial charge is 0.270 e. The molecule has 9 nitrogen and oxygen atoms in total. The summed E-state index contributed by atoms with van der Waals surface area (Å²) < 4.78 is 13.5. The number of aromatic nitrogens is 4. The number of benzene rings is 1. The summed E-state index contributed by atoms with van der Waals surface area (Å²) >= 11 is 0. The molecule has 3 aromatic rings. The Morgan fingerprint density at radius 3 is 2.39 bits per heavy atom. The van der Waals surface area contributed by atoms with Crippen LogP contribution in [0.1, 0.15) is 17.8 Å². The lowest BCUT2D eigenvalue weighted by atomic mass is 10.1. The molecule has 0 aliphatic heterocycles. The third kappa shape index (κ3) is 5.50. The third-order valence-electron chi connectivity index (χ3n) is 4.81. The van der Waals surface area contributed by atoms with Crippen LogP contribution in [-0.4, -0.2) is 46.2 Å². The molecule has 1 N–H and O–H groups in total. The van der Waals surface area contributed by atoms with Gasteiger partial charge in [0.2, 0.25) is 5.91 Å². The maximum Gasteiger partial charge on any atom is 0.270 e. The lowest BCUT2D eigenvalue weighted by Gasteiger charge is -2.12. The maximum absolute atomic E-state index is 12.4. The lowest BCUT2D eigenvalue weighted by Crippen LogP contribution is -2.34. The fraction of sp³-hybridized carbons (Fsp3) is 0.364. The second-order valence-electron chi connectivity index (χ2n) is 7.14. The van der Waals surface area contributed by atoms with E-state index in [1.807, 2.05) is 36.7 Å². The summed E-state index contributed by atoms with van der Waals surface area (Å²) in [6.45, 7) is 4.97. The van der Waals surface area contributed by atoms with E-state index in [9.17, 15) is 9.59 Å². The molecule has 3 rings (SSSR count). The molecule has 9 heteroatoms. The van der Waals surface area contributed by atoms with Crippen molar-refractivity contribution in [2.24, 2.45) is 0 Å². The largest absolute Gasteiger partial charge is 0.497 e. The standard InChI is InChI=1S/C22H27N5O4/c1-15-12-16(2)26(24-15)11-5-10-23-20(28)14-27-21(29)13-19(31-4)22(25-27)17-6-8-18(30-3)9-7-17/h6-9,12-13H,5,10-11,14H2,1-4H3,(H,23,28). The van der Waals surface area contributed by atoms with Crippen LogP contribution in [0.15, 0.2) is 41.2 Å². The number of amides is 1. The minimum Gasteiger partial charge on any atom is -0.497 e. The number of hydrogen-bond acceptors (Lipinski definition) is 6. The molecule has 2 aromatic heterocycles. The van der Waals surface area contributed by atoms with Crippen LogP contribution >= 0.6 is 0 Å². The van der Waals surface area contributed by atoms with Gasteiger partial charge >= 0.3 is 0 Å². The normalized spacial score (nSPS) is 10.7. The van der Waals surface area contributed by atoms with E-state index in [1.54, 1.807) is 19.2 Å². The van der Waals surface area contributed by atoms with Crippen molar-refractivity contribution in [3.63, 3.8) is 0 Å². The van der Waals surface area contributed by atoms with Gasteiger partial charge in [0, 0.05) is 30.4 Å². The highest BCUT2D eigenvalue weighted by Crippen LogP contribution is 2.27. The van der Waals surface area contributed by atoms with E-state index >= 15 is 0 Å². The van der Waals surface area contributed by atoms with Gasteiger partial charge in [-0.1, -0.05) is 0 Å². The SMILES string of the molecule is COc1ccc(-c2nn(CC(=O)NCCCn3nc(C)cc3C)c(=O)cc2OC)cc1.